The first kappa shape index (κ1) is 41.0. The van der Waals surface area contributed by atoms with E-state index in [2.05, 4.69) is 142 Å². The molecule has 5 nitrogen and oxygen atoms in total. The maximum absolute atomic E-state index is 11.4. The minimum absolute atomic E-state index is 0.169. The molecule has 0 saturated heterocycles. The highest BCUT2D eigenvalue weighted by Crippen LogP contribution is 2.48. The smallest absolute Gasteiger partial charge is 0.152 e. The highest BCUT2D eigenvalue weighted by molar-refractivity contribution is 8.03. The summed E-state index contributed by atoms with van der Waals surface area (Å²) in [5.74, 6) is 1.29. The van der Waals surface area contributed by atoms with E-state index in [-0.39, 0.29) is 10.8 Å². The lowest BCUT2D eigenvalue weighted by Crippen LogP contribution is -2.28. The second-order valence-electron chi connectivity index (χ2n) is 14.7. The number of unbranched alkanes of at least 4 members (excludes halogenated alkanes) is 2. The number of benzene rings is 3. The summed E-state index contributed by atoms with van der Waals surface area (Å²) in [6, 6.07) is 30.2. The molecule has 0 spiro atoms. The molecule has 0 aromatic heterocycles. The van der Waals surface area contributed by atoms with Crippen LogP contribution in [-0.2, 0) is 26.1 Å². The summed E-state index contributed by atoms with van der Waals surface area (Å²) in [5.41, 5.74) is 8.48. The maximum Gasteiger partial charge on any atom is 0.152 e. The zero-order chi connectivity index (χ0) is 37.7. The van der Waals surface area contributed by atoms with E-state index in [4.69, 9.17) is 9.18 Å². The Hall–Kier alpha value is -3.14. The average Bonchev–Trinajstić information content (AvgIpc) is 3.37. The van der Waals surface area contributed by atoms with Crippen molar-refractivity contribution >= 4 is 46.3 Å². The lowest BCUT2D eigenvalue weighted by Gasteiger charge is -2.28. The van der Waals surface area contributed by atoms with Gasteiger partial charge in [-0.25, -0.2) is 4.21 Å². The summed E-state index contributed by atoms with van der Waals surface area (Å²) < 4.78 is 25.9. The van der Waals surface area contributed by atoms with Gasteiger partial charge in [0.2, 0.25) is 0 Å². The first-order valence-corrected chi connectivity index (χ1v) is 21.9. The van der Waals surface area contributed by atoms with Crippen molar-refractivity contribution in [2.24, 2.45) is 4.99 Å². The highest BCUT2D eigenvalue weighted by Gasteiger charge is 2.39. The van der Waals surface area contributed by atoms with E-state index in [1.54, 1.807) is 7.11 Å². The fourth-order valence-electron chi connectivity index (χ4n) is 7.21. The van der Waals surface area contributed by atoms with E-state index < -0.39 is 11.1 Å². The molecule has 1 atom stereocenters. The Kier molecular flexibility index (Phi) is 15.5. The monoisotopic (exact) mass is 768 g/mol. The number of hydrogen-bond acceptors (Lipinski definition) is 6. The average molecular weight is 769 g/mol. The van der Waals surface area contributed by atoms with Crippen LogP contribution >= 0.6 is 23.8 Å². The molecule has 53 heavy (non-hydrogen) atoms. The van der Waals surface area contributed by atoms with Crippen molar-refractivity contribution in [3.8, 4) is 0 Å². The third-order valence-corrected chi connectivity index (χ3v) is 12.8. The number of hydrogen-bond donors (Lipinski definition) is 1. The molecule has 1 heterocycles. The number of nitrogens with zero attached hydrogens (tertiary/aromatic N) is 2. The molecule has 5 rings (SSSR count). The van der Waals surface area contributed by atoms with Crippen molar-refractivity contribution in [3.05, 3.63) is 142 Å². The van der Waals surface area contributed by atoms with E-state index in [0.29, 0.717) is 12.2 Å². The predicted octanol–water partition coefficient (Wildman–Crippen LogP) is 11.9. The van der Waals surface area contributed by atoms with Crippen LogP contribution in [0.1, 0.15) is 83.8 Å². The fourth-order valence-corrected chi connectivity index (χ4v) is 9.28. The largest absolute Gasteiger partial charge is 0.344 e. The van der Waals surface area contributed by atoms with Gasteiger partial charge in [0, 0.05) is 62.3 Å². The summed E-state index contributed by atoms with van der Waals surface area (Å²) in [6.07, 6.45) is 16.1. The standard InChI is InChI=1S/C45H56N2O3S3/c1-44(2,37-21-8-6-9-22-37)41(46-31-14-16-33-51-50-5)29-27-35-19-18-20-36(43(35)52-38-23-10-7-11-24-38)28-30-42-45(3,4)39-25-12-13-26-40(39)47(42)32-15-17-34-53(48)49/h6-13,21-30H,14-20,31-34H2,1-5H3,(H,48,49)/b29-27+,36-28+,42-30+,46-41+. The molecule has 282 valence electrons. The molecule has 1 aliphatic heterocycles. The minimum Gasteiger partial charge on any atom is -0.344 e. The molecule has 0 radical (unpaired) electrons. The van der Waals surface area contributed by atoms with Crippen LogP contribution in [0.15, 0.2) is 141 Å². The van der Waals surface area contributed by atoms with Crippen LogP contribution in [0.4, 0.5) is 5.69 Å². The van der Waals surface area contributed by atoms with E-state index in [1.165, 1.54) is 55.5 Å². The van der Waals surface area contributed by atoms with Gasteiger partial charge >= 0.3 is 0 Å². The van der Waals surface area contributed by atoms with Crippen molar-refractivity contribution in [1.82, 2.24) is 0 Å². The van der Waals surface area contributed by atoms with E-state index in [9.17, 15) is 8.76 Å². The zero-order valence-corrected chi connectivity index (χ0v) is 34.5. The second kappa shape index (κ2) is 20.0. The van der Waals surface area contributed by atoms with Gasteiger partial charge in [-0.3, -0.25) is 4.99 Å². The predicted molar refractivity (Wildman–Crippen MR) is 231 cm³/mol. The highest BCUT2D eigenvalue weighted by atomic mass is 32.2. The molecule has 1 unspecified atom stereocenters. The van der Waals surface area contributed by atoms with Gasteiger partial charge < -0.3 is 13.6 Å². The molecule has 8 heteroatoms. The molecule has 0 bridgehead atoms. The number of rotatable bonds is 18. The lowest BCUT2D eigenvalue weighted by atomic mass is 9.79. The third-order valence-electron chi connectivity index (χ3n) is 10.2. The van der Waals surface area contributed by atoms with Crippen molar-refractivity contribution in [2.45, 2.75) is 88.4 Å². The van der Waals surface area contributed by atoms with Crippen LogP contribution in [-0.4, -0.2) is 46.2 Å². The molecule has 0 saturated carbocycles. The van der Waals surface area contributed by atoms with Crippen LogP contribution in [0.2, 0.25) is 0 Å². The van der Waals surface area contributed by atoms with Gasteiger partial charge in [-0.2, -0.15) is 0 Å². The van der Waals surface area contributed by atoms with Crippen LogP contribution < -0.4 is 4.90 Å². The van der Waals surface area contributed by atoms with Crippen LogP contribution in [0.25, 0.3) is 0 Å². The zero-order valence-electron chi connectivity index (χ0n) is 32.1. The van der Waals surface area contributed by atoms with Crippen molar-refractivity contribution in [2.75, 3.05) is 36.6 Å². The Morgan fingerprint density at radius 2 is 1.66 bits per heavy atom. The van der Waals surface area contributed by atoms with Gasteiger partial charge in [0.15, 0.2) is 11.1 Å². The number of thioether (sulfide) groups is 1. The molecule has 0 amide bonds. The Bertz CT molecular complexity index is 1830. The van der Waals surface area contributed by atoms with Crippen molar-refractivity contribution < 1.29 is 12.9 Å². The number of para-hydroxylation sites is 1. The number of anilines is 1. The Balaban J connectivity index is 1.53. The SMILES string of the molecule is COSCCCC/N=C(\C=C\C1=C(Sc2ccccc2)C(=C/C=C2/N(CCCCS(=O)O)c3ccccc3C2(C)C)/CCC1)C(C)(C)c1ccccc1. The summed E-state index contributed by atoms with van der Waals surface area (Å²) in [7, 11) is 1.73. The quantitative estimate of drug-likeness (QED) is 0.0602. The molecular formula is C45H56N2O3S3. The molecule has 3 aromatic carbocycles. The molecule has 3 aromatic rings. The molecule has 1 aliphatic carbocycles. The minimum atomic E-state index is -1.76. The van der Waals surface area contributed by atoms with Gasteiger partial charge in [-0.15, -0.1) is 0 Å². The van der Waals surface area contributed by atoms with Crippen LogP contribution in [0.5, 0.6) is 0 Å². The fraction of sp³-hybridized carbons (Fsp3) is 0.400. The van der Waals surface area contributed by atoms with Crippen LogP contribution in [0.3, 0.4) is 0 Å². The summed E-state index contributed by atoms with van der Waals surface area (Å²) >= 11 is 1.62. The number of aliphatic imine (C=N–C) groups is 1. The van der Waals surface area contributed by atoms with Crippen molar-refractivity contribution in [1.29, 1.82) is 0 Å². The first-order valence-electron chi connectivity index (χ1n) is 18.9. The number of fused-ring (bicyclic) bond motifs is 1. The molecule has 2 aliphatic rings. The van der Waals surface area contributed by atoms with Gasteiger partial charge in [0.05, 0.1) is 7.11 Å². The third kappa shape index (κ3) is 11.0. The molecule has 0 fully saturated rings. The summed E-state index contributed by atoms with van der Waals surface area (Å²) in [4.78, 5) is 10.2. The first-order chi connectivity index (χ1) is 25.6. The van der Waals surface area contributed by atoms with Gasteiger partial charge in [0.1, 0.15) is 0 Å². The van der Waals surface area contributed by atoms with E-state index in [0.717, 1.165) is 63.1 Å². The maximum atomic E-state index is 11.4. The Morgan fingerprint density at radius 1 is 0.943 bits per heavy atom. The van der Waals surface area contributed by atoms with E-state index in [1.807, 2.05) is 11.8 Å². The van der Waals surface area contributed by atoms with Gasteiger partial charge in [-0.1, -0.05) is 118 Å². The topological polar surface area (TPSA) is 62.1 Å². The van der Waals surface area contributed by atoms with Crippen molar-refractivity contribution in [3.63, 3.8) is 0 Å². The summed E-state index contributed by atoms with van der Waals surface area (Å²) in [5, 5.41) is 0. The van der Waals surface area contributed by atoms with E-state index >= 15 is 0 Å². The Labute approximate surface area is 329 Å². The number of allylic oxidation sites excluding steroid dienone is 7. The lowest BCUT2D eigenvalue weighted by molar-refractivity contribution is 0.488. The van der Waals surface area contributed by atoms with Crippen LogP contribution in [0, 0.1) is 0 Å². The summed E-state index contributed by atoms with van der Waals surface area (Å²) in [6.45, 7) is 10.8. The second-order valence-corrected chi connectivity index (χ2v) is 17.8. The normalized spacial score (nSPS) is 18.4. The molecular weight excluding hydrogens is 713 g/mol. The van der Waals surface area contributed by atoms with Gasteiger partial charge in [-0.05, 0) is 110 Å². The van der Waals surface area contributed by atoms with Gasteiger partial charge in [0.25, 0.3) is 0 Å². The molecule has 1 N–H and O–H groups in total. The Morgan fingerprint density at radius 3 is 2.40 bits per heavy atom.